The van der Waals surface area contributed by atoms with Gasteiger partial charge in [0.05, 0.1) is 24.4 Å². The Morgan fingerprint density at radius 3 is 2.27 bits per heavy atom. The third-order valence-electron chi connectivity index (χ3n) is 5.14. The van der Waals surface area contributed by atoms with Gasteiger partial charge in [-0.05, 0) is 40.2 Å². The molecule has 0 bridgehead atoms. The fourth-order valence-corrected chi connectivity index (χ4v) is 3.86. The molecular formula is C23H28N2O5. The molecule has 0 aliphatic carbocycles. The van der Waals surface area contributed by atoms with Gasteiger partial charge in [-0.15, -0.1) is 0 Å². The van der Waals surface area contributed by atoms with Gasteiger partial charge in [-0.1, -0.05) is 29.8 Å². The number of Topliss-reactive ketones (excluding diaryl/α,β-unsaturated/α-hetero) is 1. The van der Waals surface area contributed by atoms with Crippen LogP contribution >= 0.6 is 0 Å². The molecule has 160 valence electrons. The number of amides is 1. The minimum absolute atomic E-state index is 0.108. The Bertz CT molecular complexity index is 951. The van der Waals surface area contributed by atoms with Crippen molar-refractivity contribution in [3.05, 3.63) is 46.8 Å². The first-order valence-corrected chi connectivity index (χ1v) is 10.2. The number of hydrogen-bond donors (Lipinski definition) is 1. The molecule has 1 aliphatic rings. The zero-order valence-electron chi connectivity index (χ0n) is 18.1. The fourth-order valence-electron chi connectivity index (χ4n) is 3.86. The summed E-state index contributed by atoms with van der Waals surface area (Å²) >= 11 is 0. The van der Waals surface area contributed by atoms with E-state index in [1.165, 1.54) is 4.90 Å². The molecule has 0 saturated carbocycles. The van der Waals surface area contributed by atoms with Gasteiger partial charge in [0.15, 0.2) is 0 Å². The SMILES string of the molecule is CCOC(=O)c1c(C)[nH]c(C(=O)C(=O)N2C[C@@H](C)O[C@H](C)C2)c1-c1ccc(C)cc1. The number of ether oxygens (including phenoxy) is 2. The van der Waals surface area contributed by atoms with Gasteiger partial charge in [-0.25, -0.2) is 4.79 Å². The average Bonchev–Trinajstić information content (AvgIpc) is 3.04. The average molecular weight is 412 g/mol. The highest BCUT2D eigenvalue weighted by Gasteiger charge is 2.34. The number of esters is 1. The molecule has 1 aromatic carbocycles. The standard InChI is InChI=1S/C23H28N2O5/c1-6-29-23(28)18-16(5)24-20(19(18)17-9-7-13(2)8-10-17)21(26)22(27)25-11-14(3)30-15(4)12-25/h7-10,14-15,24H,6,11-12H2,1-5H3/t14-,15-/m1/s1. The zero-order chi connectivity index (χ0) is 22.0. The maximum atomic E-state index is 13.2. The van der Waals surface area contributed by atoms with Crippen molar-refractivity contribution in [2.45, 2.75) is 46.8 Å². The van der Waals surface area contributed by atoms with Crippen LogP contribution in [-0.2, 0) is 14.3 Å². The van der Waals surface area contributed by atoms with Crippen LogP contribution in [0.4, 0.5) is 0 Å². The van der Waals surface area contributed by atoms with Crippen molar-refractivity contribution in [2.75, 3.05) is 19.7 Å². The molecule has 1 aromatic heterocycles. The molecule has 3 rings (SSSR count). The Morgan fingerprint density at radius 1 is 1.10 bits per heavy atom. The first-order chi connectivity index (χ1) is 14.2. The number of ketones is 1. The van der Waals surface area contributed by atoms with Gasteiger partial charge in [0.2, 0.25) is 0 Å². The summed E-state index contributed by atoms with van der Waals surface area (Å²) in [6.45, 7) is 10.0. The van der Waals surface area contributed by atoms with Gasteiger partial charge in [-0.3, -0.25) is 9.59 Å². The molecule has 1 amide bonds. The third kappa shape index (κ3) is 4.31. The highest BCUT2D eigenvalue weighted by atomic mass is 16.5. The Kier molecular flexibility index (Phi) is 6.41. The normalized spacial score (nSPS) is 18.9. The minimum atomic E-state index is -0.675. The van der Waals surface area contributed by atoms with E-state index >= 15 is 0 Å². The fraction of sp³-hybridized carbons (Fsp3) is 0.435. The van der Waals surface area contributed by atoms with E-state index in [0.717, 1.165) is 5.56 Å². The van der Waals surface area contributed by atoms with Crippen molar-refractivity contribution in [2.24, 2.45) is 0 Å². The highest BCUT2D eigenvalue weighted by molar-refractivity contribution is 6.43. The predicted octanol–water partition coefficient (Wildman–Crippen LogP) is 3.29. The van der Waals surface area contributed by atoms with Crippen LogP contribution in [0, 0.1) is 13.8 Å². The molecule has 1 N–H and O–H groups in total. The van der Waals surface area contributed by atoms with Gasteiger partial charge >= 0.3 is 5.97 Å². The summed E-state index contributed by atoms with van der Waals surface area (Å²) in [7, 11) is 0. The van der Waals surface area contributed by atoms with E-state index in [9.17, 15) is 14.4 Å². The summed E-state index contributed by atoms with van der Waals surface area (Å²) in [6, 6.07) is 7.46. The number of rotatable bonds is 5. The Balaban J connectivity index is 2.06. The van der Waals surface area contributed by atoms with Crippen molar-refractivity contribution in [3.8, 4) is 11.1 Å². The first kappa shape index (κ1) is 21.8. The monoisotopic (exact) mass is 412 g/mol. The van der Waals surface area contributed by atoms with E-state index in [-0.39, 0.29) is 30.1 Å². The number of H-pyrrole nitrogens is 1. The summed E-state index contributed by atoms with van der Waals surface area (Å²) in [5.41, 5.74) is 3.00. The molecule has 0 radical (unpaired) electrons. The largest absolute Gasteiger partial charge is 0.462 e. The van der Waals surface area contributed by atoms with Gasteiger partial charge in [0, 0.05) is 24.3 Å². The molecule has 30 heavy (non-hydrogen) atoms. The summed E-state index contributed by atoms with van der Waals surface area (Å²) in [5.74, 6) is -1.81. The molecule has 0 spiro atoms. The third-order valence-corrected chi connectivity index (χ3v) is 5.14. The lowest BCUT2D eigenvalue weighted by molar-refractivity contribution is -0.138. The van der Waals surface area contributed by atoms with Gasteiger partial charge in [-0.2, -0.15) is 0 Å². The minimum Gasteiger partial charge on any atom is -0.462 e. The summed E-state index contributed by atoms with van der Waals surface area (Å²) in [4.78, 5) is 43.4. The maximum Gasteiger partial charge on any atom is 0.340 e. The van der Waals surface area contributed by atoms with E-state index < -0.39 is 17.7 Å². The number of nitrogens with one attached hydrogen (secondary N) is 1. The second-order valence-electron chi connectivity index (χ2n) is 7.76. The molecule has 2 aromatic rings. The Labute approximate surface area is 176 Å². The number of hydrogen-bond acceptors (Lipinski definition) is 5. The van der Waals surface area contributed by atoms with Crippen molar-refractivity contribution in [3.63, 3.8) is 0 Å². The van der Waals surface area contributed by atoms with Gasteiger partial charge < -0.3 is 19.4 Å². The van der Waals surface area contributed by atoms with Crippen LogP contribution in [0.3, 0.4) is 0 Å². The summed E-state index contributed by atoms with van der Waals surface area (Å²) in [5, 5.41) is 0. The number of carbonyl (C=O) groups is 3. The van der Waals surface area contributed by atoms with Crippen LogP contribution < -0.4 is 0 Å². The molecule has 7 nitrogen and oxygen atoms in total. The van der Waals surface area contributed by atoms with Crippen LogP contribution in [-0.4, -0.2) is 59.4 Å². The molecule has 1 fully saturated rings. The van der Waals surface area contributed by atoms with E-state index in [4.69, 9.17) is 9.47 Å². The first-order valence-electron chi connectivity index (χ1n) is 10.2. The second kappa shape index (κ2) is 8.83. The maximum absolute atomic E-state index is 13.2. The zero-order valence-corrected chi connectivity index (χ0v) is 18.1. The molecule has 2 heterocycles. The smallest absolute Gasteiger partial charge is 0.340 e. The summed E-state index contributed by atoms with van der Waals surface area (Å²) < 4.78 is 10.9. The number of aryl methyl sites for hydroxylation is 2. The molecule has 1 saturated heterocycles. The Morgan fingerprint density at radius 2 is 1.70 bits per heavy atom. The van der Waals surface area contributed by atoms with Crippen LogP contribution in [0.5, 0.6) is 0 Å². The number of benzene rings is 1. The molecule has 0 unspecified atom stereocenters. The lowest BCUT2D eigenvalue weighted by atomic mass is 9.97. The summed E-state index contributed by atoms with van der Waals surface area (Å²) in [6.07, 6.45) is -0.301. The molecule has 7 heteroatoms. The van der Waals surface area contributed by atoms with Gasteiger partial charge in [0.1, 0.15) is 5.69 Å². The molecule has 1 aliphatic heterocycles. The number of morpholine rings is 1. The van der Waals surface area contributed by atoms with E-state index in [1.807, 2.05) is 45.0 Å². The van der Waals surface area contributed by atoms with Crippen molar-refractivity contribution in [1.82, 2.24) is 9.88 Å². The van der Waals surface area contributed by atoms with Crippen molar-refractivity contribution in [1.29, 1.82) is 0 Å². The van der Waals surface area contributed by atoms with E-state index in [0.29, 0.717) is 29.9 Å². The highest BCUT2D eigenvalue weighted by Crippen LogP contribution is 2.32. The van der Waals surface area contributed by atoms with Gasteiger partial charge in [0.25, 0.3) is 11.7 Å². The van der Waals surface area contributed by atoms with Crippen LogP contribution in [0.15, 0.2) is 24.3 Å². The number of nitrogens with zero attached hydrogens (tertiary/aromatic N) is 1. The van der Waals surface area contributed by atoms with E-state index in [1.54, 1.807) is 13.8 Å². The van der Waals surface area contributed by atoms with E-state index in [2.05, 4.69) is 4.98 Å². The molecule has 2 atom stereocenters. The predicted molar refractivity (Wildman–Crippen MR) is 113 cm³/mol. The van der Waals surface area contributed by atoms with Crippen molar-refractivity contribution < 1.29 is 23.9 Å². The quantitative estimate of drug-likeness (QED) is 0.462. The van der Waals surface area contributed by atoms with Crippen LogP contribution in [0.25, 0.3) is 11.1 Å². The lowest BCUT2D eigenvalue weighted by Gasteiger charge is -2.34. The molecular weight excluding hydrogens is 384 g/mol. The van der Waals surface area contributed by atoms with Crippen LogP contribution in [0.1, 0.15) is 52.9 Å². The Hall–Kier alpha value is -2.93. The number of aromatic amines is 1. The number of aromatic nitrogens is 1. The van der Waals surface area contributed by atoms with Crippen LogP contribution in [0.2, 0.25) is 0 Å². The topological polar surface area (TPSA) is 88.7 Å². The second-order valence-corrected chi connectivity index (χ2v) is 7.76. The van der Waals surface area contributed by atoms with Crippen molar-refractivity contribution >= 4 is 17.7 Å². The lowest BCUT2D eigenvalue weighted by Crippen LogP contribution is -2.50. The number of carbonyl (C=O) groups excluding carboxylic acids is 3.